The fraction of sp³-hybridized carbons (Fsp3) is 0.538. The van der Waals surface area contributed by atoms with E-state index in [9.17, 15) is 4.79 Å². The Morgan fingerprint density at radius 1 is 1.50 bits per heavy atom. The minimum Gasteiger partial charge on any atom is -0.348 e. The Hall–Kier alpha value is -0.800. The highest BCUT2D eigenvalue weighted by molar-refractivity contribution is 6.34. The highest BCUT2D eigenvalue weighted by atomic mass is 35.5. The summed E-state index contributed by atoms with van der Waals surface area (Å²) in [6.45, 7) is 2.07. The van der Waals surface area contributed by atoms with Gasteiger partial charge >= 0.3 is 0 Å². The van der Waals surface area contributed by atoms with Gasteiger partial charge in [0.1, 0.15) is 10.8 Å². The van der Waals surface area contributed by atoms with E-state index < -0.39 is 0 Å². The lowest BCUT2D eigenvalue weighted by Gasteiger charge is -2.16. The maximum atomic E-state index is 12.1. The molecule has 1 N–H and O–H groups in total. The number of hydrogen-bond donors (Lipinski definition) is 1. The van der Waals surface area contributed by atoms with Gasteiger partial charge in [-0.05, 0) is 30.9 Å². The van der Waals surface area contributed by atoms with Crippen molar-refractivity contribution in [3.63, 3.8) is 0 Å². The summed E-state index contributed by atoms with van der Waals surface area (Å²) in [5.74, 6) is 0.535. The third-order valence-corrected chi connectivity index (χ3v) is 3.69. The Balaban J connectivity index is 2.02. The van der Waals surface area contributed by atoms with Crippen molar-refractivity contribution in [2.24, 2.45) is 5.92 Å². The van der Waals surface area contributed by atoms with E-state index in [-0.39, 0.29) is 22.8 Å². The van der Waals surface area contributed by atoms with Crippen LogP contribution in [-0.2, 0) is 0 Å². The maximum absolute atomic E-state index is 12.1. The Kier molecular flexibility index (Phi) is 4.46. The zero-order valence-electron chi connectivity index (χ0n) is 10.2. The molecule has 0 bridgehead atoms. The van der Waals surface area contributed by atoms with Crippen LogP contribution >= 0.6 is 23.2 Å². The SMILES string of the molecule is CCC(CC1CC1)NC(=O)c1nc(Cl)ccc1Cl. The lowest BCUT2D eigenvalue weighted by Crippen LogP contribution is -2.35. The minimum absolute atomic E-state index is 0.196. The van der Waals surface area contributed by atoms with Gasteiger partial charge in [-0.1, -0.05) is 43.0 Å². The zero-order chi connectivity index (χ0) is 13.1. The smallest absolute Gasteiger partial charge is 0.271 e. The molecular weight excluding hydrogens is 271 g/mol. The third kappa shape index (κ3) is 3.59. The van der Waals surface area contributed by atoms with Crippen molar-refractivity contribution in [1.29, 1.82) is 0 Å². The first-order valence-corrected chi connectivity index (χ1v) is 6.98. The molecule has 18 heavy (non-hydrogen) atoms. The standard InChI is InChI=1S/C13H16Cl2N2O/c1-2-9(7-8-3-4-8)16-13(18)12-10(14)5-6-11(15)17-12/h5-6,8-9H,2-4,7H2,1H3,(H,16,18). The van der Waals surface area contributed by atoms with Crippen molar-refractivity contribution < 1.29 is 4.79 Å². The summed E-state index contributed by atoms with van der Waals surface area (Å²) >= 11 is 11.7. The van der Waals surface area contributed by atoms with Crippen LogP contribution in [0.25, 0.3) is 0 Å². The first kappa shape index (κ1) is 13.6. The zero-order valence-corrected chi connectivity index (χ0v) is 11.8. The van der Waals surface area contributed by atoms with Crippen molar-refractivity contribution in [3.05, 3.63) is 28.0 Å². The molecule has 1 heterocycles. The monoisotopic (exact) mass is 286 g/mol. The molecule has 1 aliphatic carbocycles. The Morgan fingerprint density at radius 3 is 2.83 bits per heavy atom. The molecule has 1 aromatic heterocycles. The average Bonchev–Trinajstić information content (AvgIpc) is 3.15. The van der Waals surface area contributed by atoms with Crippen LogP contribution in [0.5, 0.6) is 0 Å². The lowest BCUT2D eigenvalue weighted by molar-refractivity contribution is 0.0928. The Bertz CT molecular complexity index is 447. The predicted octanol–water partition coefficient (Wildman–Crippen LogP) is 3.70. The summed E-state index contributed by atoms with van der Waals surface area (Å²) in [4.78, 5) is 16.0. The molecule has 3 nitrogen and oxygen atoms in total. The van der Waals surface area contributed by atoms with Gasteiger partial charge in [-0.3, -0.25) is 4.79 Å². The number of hydrogen-bond acceptors (Lipinski definition) is 2. The molecule has 0 aromatic carbocycles. The van der Waals surface area contributed by atoms with Gasteiger partial charge in [0.25, 0.3) is 5.91 Å². The van der Waals surface area contributed by atoms with E-state index >= 15 is 0 Å². The van der Waals surface area contributed by atoms with Crippen LogP contribution in [0, 0.1) is 5.92 Å². The number of carbonyl (C=O) groups is 1. The molecule has 1 atom stereocenters. The maximum Gasteiger partial charge on any atom is 0.271 e. The summed E-state index contributed by atoms with van der Waals surface area (Å²) in [7, 11) is 0. The summed E-state index contributed by atoms with van der Waals surface area (Å²) in [5, 5.41) is 3.59. The Morgan fingerprint density at radius 2 is 2.22 bits per heavy atom. The second kappa shape index (κ2) is 5.89. The van der Waals surface area contributed by atoms with E-state index in [1.165, 1.54) is 12.8 Å². The third-order valence-electron chi connectivity index (χ3n) is 3.17. The van der Waals surface area contributed by atoms with E-state index in [1.807, 2.05) is 0 Å². The Labute approximate surface area is 117 Å². The molecule has 98 valence electrons. The van der Waals surface area contributed by atoms with Crippen molar-refractivity contribution in [3.8, 4) is 0 Å². The predicted molar refractivity (Wildman–Crippen MR) is 73.1 cm³/mol. The summed E-state index contributed by atoms with van der Waals surface area (Å²) in [6.07, 6.45) is 4.52. The largest absolute Gasteiger partial charge is 0.348 e. The number of nitrogens with zero attached hydrogens (tertiary/aromatic N) is 1. The summed E-state index contributed by atoms with van der Waals surface area (Å²) in [6, 6.07) is 3.36. The van der Waals surface area contributed by atoms with Crippen LogP contribution in [0.4, 0.5) is 0 Å². The van der Waals surface area contributed by atoms with Crippen molar-refractivity contribution >= 4 is 29.1 Å². The van der Waals surface area contributed by atoms with Crippen LogP contribution in [0.3, 0.4) is 0 Å². The van der Waals surface area contributed by atoms with Gasteiger partial charge < -0.3 is 5.32 Å². The number of rotatable bonds is 5. The van der Waals surface area contributed by atoms with E-state index in [1.54, 1.807) is 12.1 Å². The quantitative estimate of drug-likeness (QED) is 0.839. The molecule has 0 radical (unpaired) electrons. The average molecular weight is 287 g/mol. The molecule has 0 saturated heterocycles. The summed E-state index contributed by atoms with van der Waals surface area (Å²) in [5.41, 5.74) is 0.207. The number of amides is 1. The molecule has 1 unspecified atom stereocenters. The van der Waals surface area contributed by atoms with E-state index in [4.69, 9.17) is 23.2 Å². The normalized spacial score (nSPS) is 16.4. The van der Waals surface area contributed by atoms with Gasteiger partial charge in [0.05, 0.1) is 5.02 Å². The molecule has 5 heteroatoms. The van der Waals surface area contributed by atoms with Gasteiger partial charge in [0.2, 0.25) is 0 Å². The van der Waals surface area contributed by atoms with E-state index in [0.29, 0.717) is 5.02 Å². The van der Waals surface area contributed by atoms with Crippen molar-refractivity contribution in [1.82, 2.24) is 10.3 Å². The van der Waals surface area contributed by atoms with Crippen LogP contribution in [0.1, 0.15) is 43.1 Å². The molecule has 0 aliphatic heterocycles. The van der Waals surface area contributed by atoms with Gasteiger partial charge in [-0.15, -0.1) is 0 Å². The molecule has 1 aromatic rings. The van der Waals surface area contributed by atoms with Crippen LogP contribution < -0.4 is 5.32 Å². The van der Waals surface area contributed by atoms with Gasteiger partial charge in [0.15, 0.2) is 0 Å². The van der Waals surface area contributed by atoms with Gasteiger partial charge in [-0.2, -0.15) is 0 Å². The van der Waals surface area contributed by atoms with Crippen molar-refractivity contribution in [2.75, 3.05) is 0 Å². The van der Waals surface area contributed by atoms with Gasteiger partial charge in [-0.25, -0.2) is 4.98 Å². The highest BCUT2D eigenvalue weighted by Gasteiger charge is 2.26. The first-order chi connectivity index (χ1) is 8.60. The molecular formula is C13H16Cl2N2O. The fourth-order valence-electron chi connectivity index (χ4n) is 1.91. The van der Waals surface area contributed by atoms with Gasteiger partial charge in [0, 0.05) is 6.04 Å². The summed E-state index contributed by atoms with van der Waals surface area (Å²) < 4.78 is 0. The number of carbonyl (C=O) groups excluding carboxylic acids is 1. The number of pyridine rings is 1. The topological polar surface area (TPSA) is 42.0 Å². The lowest BCUT2D eigenvalue weighted by atomic mass is 10.1. The second-order valence-corrected chi connectivity index (χ2v) is 5.52. The van der Waals surface area contributed by atoms with Crippen molar-refractivity contribution in [2.45, 2.75) is 38.6 Å². The minimum atomic E-state index is -0.241. The molecule has 1 aliphatic rings. The second-order valence-electron chi connectivity index (χ2n) is 4.72. The van der Waals surface area contributed by atoms with Crippen LogP contribution in [0.15, 0.2) is 12.1 Å². The van der Waals surface area contributed by atoms with E-state index in [0.717, 1.165) is 18.8 Å². The molecule has 1 fully saturated rings. The van der Waals surface area contributed by atoms with Crippen LogP contribution in [-0.4, -0.2) is 16.9 Å². The van der Waals surface area contributed by atoms with E-state index in [2.05, 4.69) is 17.2 Å². The number of halogens is 2. The molecule has 1 saturated carbocycles. The highest BCUT2D eigenvalue weighted by Crippen LogP contribution is 2.34. The number of nitrogens with one attached hydrogen (secondary N) is 1. The van der Waals surface area contributed by atoms with Crippen LogP contribution in [0.2, 0.25) is 10.2 Å². The molecule has 1 amide bonds. The fourth-order valence-corrected chi connectivity index (χ4v) is 2.25. The molecule has 2 rings (SSSR count). The number of aromatic nitrogens is 1. The molecule has 0 spiro atoms. The first-order valence-electron chi connectivity index (χ1n) is 6.23.